The van der Waals surface area contributed by atoms with Gasteiger partial charge in [-0.15, -0.1) is 0 Å². The van der Waals surface area contributed by atoms with Crippen LogP contribution in [-0.2, 0) is 9.53 Å². The molecule has 0 saturated heterocycles. The second-order valence-electron chi connectivity index (χ2n) is 3.81. The quantitative estimate of drug-likeness (QED) is 0.606. The zero-order valence-corrected chi connectivity index (χ0v) is 10.5. The third-order valence-electron chi connectivity index (χ3n) is 2.35. The Morgan fingerprint density at radius 1 is 1.47 bits per heavy atom. The molecule has 0 saturated carbocycles. The number of carbonyl (C=O) groups excluding carboxylic acids is 2. The normalized spacial score (nSPS) is 9.47. The van der Waals surface area contributed by atoms with Gasteiger partial charge in [-0.25, -0.2) is 4.79 Å². The Labute approximate surface area is 110 Å². The van der Waals surface area contributed by atoms with Gasteiger partial charge in [0.25, 0.3) is 5.91 Å². The highest BCUT2D eigenvalue weighted by Gasteiger charge is 2.15. The summed E-state index contributed by atoms with van der Waals surface area (Å²) >= 11 is 0. The molecule has 0 aromatic heterocycles. The summed E-state index contributed by atoms with van der Waals surface area (Å²) in [5.74, 6) is -1.41. The van der Waals surface area contributed by atoms with Crippen LogP contribution in [0.3, 0.4) is 0 Å². The molecule has 0 aliphatic carbocycles. The van der Waals surface area contributed by atoms with E-state index < -0.39 is 18.5 Å². The fourth-order valence-electron chi connectivity index (χ4n) is 1.34. The fourth-order valence-corrected chi connectivity index (χ4v) is 1.34. The largest absolute Gasteiger partial charge is 0.507 e. The summed E-state index contributed by atoms with van der Waals surface area (Å²) in [6.07, 6.45) is 0.193. The van der Waals surface area contributed by atoms with E-state index in [1.165, 1.54) is 6.07 Å². The molecule has 2 N–H and O–H groups in total. The van der Waals surface area contributed by atoms with Crippen molar-refractivity contribution >= 4 is 11.9 Å². The Bertz CT molecular complexity index is 520. The van der Waals surface area contributed by atoms with Crippen LogP contribution in [-0.4, -0.2) is 30.1 Å². The zero-order valence-electron chi connectivity index (χ0n) is 10.5. The van der Waals surface area contributed by atoms with Crippen LogP contribution in [0.5, 0.6) is 5.75 Å². The Hall–Kier alpha value is -2.55. The molecule has 0 fully saturated rings. The SMILES string of the molecule is Cc1cccc(C(=O)OCC(=O)NCCC#N)c1O. The van der Waals surface area contributed by atoms with Crippen molar-refractivity contribution in [3.63, 3.8) is 0 Å². The number of rotatable bonds is 5. The minimum Gasteiger partial charge on any atom is -0.507 e. The van der Waals surface area contributed by atoms with Gasteiger partial charge in [-0.2, -0.15) is 5.26 Å². The molecule has 6 heteroatoms. The summed E-state index contributed by atoms with van der Waals surface area (Å²) in [6, 6.07) is 6.55. The van der Waals surface area contributed by atoms with Gasteiger partial charge in [0.15, 0.2) is 6.61 Å². The van der Waals surface area contributed by atoms with Gasteiger partial charge >= 0.3 is 5.97 Å². The van der Waals surface area contributed by atoms with Crippen molar-refractivity contribution in [3.05, 3.63) is 29.3 Å². The number of benzene rings is 1. The highest BCUT2D eigenvalue weighted by molar-refractivity contribution is 5.94. The van der Waals surface area contributed by atoms with Crippen molar-refractivity contribution in [2.24, 2.45) is 0 Å². The topological polar surface area (TPSA) is 99.4 Å². The van der Waals surface area contributed by atoms with Crippen LogP contribution in [0.25, 0.3) is 0 Å². The predicted octanol–water partition coefficient (Wildman–Crippen LogP) is 0.887. The van der Waals surface area contributed by atoms with Gasteiger partial charge < -0.3 is 15.2 Å². The van der Waals surface area contributed by atoms with Crippen LogP contribution in [0.1, 0.15) is 22.3 Å². The number of nitrogens with zero attached hydrogens (tertiary/aromatic N) is 1. The number of nitrogens with one attached hydrogen (secondary N) is 1. The smallest absolute Gasteiger partial charge is 0.342 e. The van der Waals surface area contributed by atoms with E-state index in [-0.39, 0.29) is 24.3 Å². The second kappa shape index (κ2) is 7.01. The minimum absolute atomic E-state index is 0.0184. The van der Waals surface area contributed by atoms with E-state index in [4.69, 9.17) is 10.00 Å². The maximum Gasteiger partial charge on any atom is 0.342 e. The second-order valence-corrected chi connectivity index (χ2v) is 3.81. The van der Waals surface area contributed by atoms with Crippen molar-refractivity contribution in [2.75, 3.05) is 13.2 Å². The minimum atomic E-state index is -0.767. The molecule has 1 aromatic rings. The van der Waals surface area contributed by atoms with E-state index in [2.05, 4.69) is 5.32 Å². The molecule has 1 aromatic carbocycles. The molecule has 1 amide bonds. The monoisotopic (exact) mass is 262 g/mol. The summed E-state index contributed by atoms with van der Waals surface area (Å²) in [5.41, 5.74) is 0.567. The van der Waals surface area contributed by atoms with Crippen molar-refractivity contribution in [2.45, 2.75) is 13.3 Å². The Morgan fingerprint density at radius 3 is 2.89 bits per heavy atom. The maximum absolute atomic E-state index is 11.6. The molecule has 1 rings (SSSR count). The van der Waals surface area contributed by atoms with Gasteiger partial charge in [0.1, 0.15) is 11.3 Å². The van der Waals surface area contributed by atoms with Crippen molar-refractivity contribution in [1.29, 1.82) is 5.26 Å². The number of phenols is 1. The molecule has 0 spiro atoms. The molecule has 6 nitrogen and oxygen atoms in total. The fraction of sp³-hybridized carbons (Fsp3) is 0.308. The number of phenolic OH excluding ortho intramolecular Hbond substituents is 1. The average Bonchev–Trinajstić information content (AvgIpc) is 2.39. The third-order valence-corrected chi connectivity index (χ3v) is 2.35. The number of hydrogen-bond donors (Lipinski definition) is 2. The average molecular weight is 262 g/mol. The Balaban J connectivity index is 2.50. The molecule has 0 atom stereocenters. The van der Waals surface area contributed by atoms with Gasteiger partial charge in [-0.05, 0) is 18.6 Å². The van der Waals surface area contributed by atoms with E-state index in [9.17, 15) is 14.7 Å². The lowest BCUT2D eigenvalue weighted by atomic mass is 10.1. The third kappa shape index (κ3) is 4.32. The molecule has 0 bridgehead atoms. The molecular weight excluding hydrogens is 248 g/mol. The van der Waals surface area contributed by atoms with E-state index >= 15 is 0 Å². The number of aromatic hydroxyl groups is 1. The zero-order chi connectivity index (χ0) is 14.3. The number of para-hydroxylation sites is 1. The van der Waals surface area contributed by atoms with Gasteiger partial charge in [0.2, 0.25) is 0 Å². The van der Waals surface area contributed by atoms with E-state index in [0.717, 1.165) is 0 Å². The van der Waals surface area contributed by atoms with Crippen molar-refractivity contribution in [1.82, 2.24) is 5.32 Å². The van der Waals surface area contributed by atoms with E-state index in [0.29, 0.717) is 5.56 Å². The lowest BCUT2D eigenvalue weighted by molar-refractivity contribution is -0.124. The summed E-state index contributed by atoms with van der Waals surface area (Å²) < 4.78 is 4.76. The van der Waals surface area contributed by atoms with Crippen LogP contribution in [0.4, 0.5) is 0 Å². The van der Waals surface area contributed by atoms with Crippen molar-refractivity contribution < 1.29 is 19.4 Å². The maximum atomic E-state index is 11.6. The van der Waals surface area contributed by atoms with Crippen LogP contribution in [0.2, 0.25) is 0 Å². The molecule has 0 aliphatic rings. The molecule has 100 valence electrons. The highest BCUT2D eigenvalue weighted by Crippen LogP contribution is 2.21. The van der Waals surface area contributed by atoms with Crippen molar-refractivity contribution in [3.8, 4) is 11.8 Å². The Morgan fingerprint density at radius 2 is 2.21 bits per heavy atom. The van der Waals surface area contributed by atoms with Crippen LogP contribution >= 0.6 is 0 Å². The van der Waals surface area contributed by atoms with Gasteiger partial charge in [0, 0.05) is 6.54 Å². The number of hydrogen-bond acceptors (Lipinski definition) is 5. The summed E-state index contributed by atoms with van der Waals surface area (Å²) in [4.78, 5) is 22.9. The van der Waals surface area contributed by atoms with Crippen LogP contribution in [0.15, 0.2) is 18.2 Å². The molecular formula is C13H14N2O4. The van der Waals surface area contributed by atoms with Gasteiger partial charge in [-0.3, -0.25) is 4.79 Å². The number of ether oxygens (including phenoxy) is 1. The van der Waals surface area contributed by atoms with Gasteiger partial charge in [0.05, 0.1) is 12.5 Å². The first-order valence-corrected chi connectivity index (χ1v) is 5.65. The van der Waals surface area contributed by atoms with E-state index in [1.54, 1.807) is 19.1 Å². The summed E-state index contributed by atoms with van der Waals surface area (Å²) in [5, 5.41) is 20.4. The lowest BCUT2D eigenvalue weighted by Gasteiger charge is -2.07. The number of carbonyl (C=O) groups is 2. The lowest BCUT2D eigenvalue weighted by Crippen LogP contribution is -2.29. The van der Waals surface area contributed by atoms with E-state index in [1.807, 2.05) is 6.07 Å². The molecule has 0 aliphatic heterocycles. The number of nitriles is 1. The van der Waals surface area contributed by atoms with Crippen LogP contribution in [0, 0.1) is 18.3 Å². The van der Waals surface area contributed by atoms with Gasteiger partial charge in [-0.1, -0.05) is 12.1 Å². The van der Waals surface area contributed by atoms with Crippen LogP contribution < -0.4 is 5.32 Å². The number of amides is 1. The molecule has 19 heavy (non-hydrogen) atoms. The number of esters is 1. The summed E-state index contributed by atoms with van der Waals surface area (Å²) in [7, 11) is 0. The molecule has 0 radical (unpaired) electrons. The molecule has 0 heterocycles. The number of aryl methyl sites for hydroxylation is 1. The predicted molar refractivity (Wildman–Crippen MR) is 66.4 cm³/mol. The standard InChI is InChI=1S/C13H14N2O4/c1-9-4-2-5-10(12(9)17)13(18)19-8-11(16)15-7-3-6-14/h2,4-5,17H,3,7-8H2,1H3,(H,15,16). The first-order valence-electron chi connectivity index (χ1n) is 5.65. The first-order chi connectivity index (χ1) is 9.06. The summed E-state index contributed by atoms with van der Waals surface area (Å²) in [6.45, 7) is 1.42. The Kier molecular flexibility index (Phi) is 5.35. The highest BCUT2D eigenvalue weighted by atomic mass is 16.5. The molecule has 0 unspecified atom stereocenters. The first kappa shape index (κ1) is 14.5.